The van der Waals surface area contributed by atoms with Gasteiger partial charge in [0.05, 0.1) is 18.4 Å². The molecule has 0 unspecified atom stereocenters. The first-order valence-electron chi connectivity index (χ1n) is 6.86. The summed E-state index contributed by atoms with van der Waals surface area (Å²) in [6, 6.07) is 4.46. The molecule has 24 heavy (non-hydrogen) atoms. The Morgan fingerprint density at radius 2 is 2.04 bits per heavy atom. The van der Waals surface area contributed by atoms with E-state index in [0.717, 1.165) is 4.57 Å². The van der Waals surface area contributed by atoms with Crippen molar-refractivity contribution in [2.75, 3.05) is 21.2 Å². The third-order valence-corrected chi connectivity index (χ3v) is 3.50. The first-order valence-corrected chi connectivity index (χ1v) is 7.24. The predicted octanol–water partition coefficient (Wildman–Crippen LogP) is 0.948. The molecule has 2 aromatic rings. The van der Waals surface area contributed by atoms with Gasteiger partial charge >= 0.3 is 11.7 Å². The van der Waals surface area contributed by atoms with E-state index in [1.165, 1.54) is 19.2 Å². The standard InChI is InChI=1S/C15H16ClN3O5/c1-18(2)7-9-12(14(21)22)17-15(23)19(13(9)20)10-6-8(16)4-5-11(10)24-3/h4-6H,7H2,1-3H3,(H,17,23)(H,21,22). The molecule has 0 amide bonds. The number of carbonyl (C=O) groups is 1. The van der Waals surface area contributed by atoms with Crippen LogP contribution in [0.4, 0.5) is 0 Å². The molecule has 1 heterocycles. The molecule has 0 radical (unpaired) electrons. The molecule has 1 aromatic heterocycles. The number of nitrogens with one attached hydrogen (secondary N) is 1. The van der Waals surface area contributed by atoms with E-state index in [-0.39, 0.29) is 23.5 Å². The molecule has 1 aromatic carbocycles. The summed E-state index contributed by atoms with van der Waals surface area (Å²) in [5, 5.41) is 9.55. The lowest BCUT2D eigenvalue weighted by Gasteiger charge is -2.15. The molecule has 2 rings (SSSR count). The number of hydrogen-bond donors (Lipinski definition) is 2. The van der Waals surface area contributed by atoms with E-state index >= 15 is 0 Å². The number of H-pyrrole nitrogens is 1. The number of methoxy groups -OCH3 is 1. The Balaban J connectivity index is 2.87. The van der Waals surface area contributed by atoms with Crippen molar-refractivity contribution in [3.63, 3.8) is 0 Å². The second-order valence-electron chi connectivity index (χ2n) is 5.28. The summed E-state index contributed by atoms with van der Waals surface area (Å²) in [5.74, 6) is -1.13. The Morgan fingerprint density at radius 1 is 1.38 bits per heavy atom. The topological polar surface area (TPSA) is 105 Å². The number of carboxylic acids is 1. The Bertz CT molecular complexity index is 901. The zero-order valence-corrected chi connectivity index (χ0v) is 14.0. The lowest BCUT2D eigenvalue weighted by Crippen LogP contribution is -2.40. The summed E-state index contributed by atoms with van der Waals surface area (Å²) in [6.45, 7) is 0.0418. The Kier molecular flexibility index (Phi) is 5.10. The quantitative estimate of drug-likeness (QED) is 0.829. The van der Waals surface area contributed by atoms with Gasteiger partial charge in [0, 0.05) is 11.6 Å². The van der Waals surface area contributed by atoms with Gasteiger partial charge in [0.25, 0.3) is 5.56 Å². The van der Waals surface area contributed by atoms with Crippen LogP contribution in [0.2, 0.25) is 5.02 Å². The van der Waals surface area contributed by atoms with Crippen LogP contribution in [0, 0.1) is 0 Å². The molecule has 0 atom stereocenters. The maximum absolute atomic E-state index is 12.8. The number of halogens is 1. The highest BCUT2D eigenvalue weighted by molar-refractivity contribution is 6.30. The van der Waals surface area contributed by atoms with Crippen LogP contribution >= 0.6 is 11.6 Å². The fourth-order valence-corrected chi connectivity index (χ4v) is 2.44. The minimum Gasteiger partial charge on any atom is -0.495 e. The Hall–Kier alpha value is -2.58. The third kappa shape index (κ3) is 3.34. The van der Waals surface area contributed by atoms with Gasteiger partial charge in [-0.25, -0.2) is 14.2 Å². The number of aromatic amines is 1. The van der Waals surface area contributed by atoms with Crippen molar-refractivity contribution in [1.82, 2.24) is 14.5 Å². The SMILES string of the molecule is COc1ccc(Cl)cc1-n1c(=O)[nH]c(C(=O)O)c(CN(C)C)c1=O. The maximum Gasteiger partial charge on any atom is 0.352 e. The molecule has 0 bridgehead atoms. The van der Waals surface area contributed by atoms with Crippen molar-refractivity contribution in [1.29, 1.82) is 0 Å². The number of ether oxygens (including phenoxy) is 1. The molecule has 0 spiro atoms. The molecular weight excluding hydrogens is 338 g/mol. The number of hydrogen-bond acceptors (Lipinski definition) is 5. The normalized spacial score (nSPS) is 10.9. The average Bonchev–Trinajstić information content (AvgIpc) is 2.49. The molecule has 128 valence electrons. The summed E-state index contributed by atoms with van der Waals surface area (Å²) in [7, 11) is 4.75. The van der Waals surface area contributed by atoms with Crippen LogP contribution in [-0.4, -0.2) is 46.7 Å². The molecular formula is C15H16ClN3O5. The van der Waals surface area contributed by atoms with Gasteiger partial charge in [-0.15, -0.1) is 0 Å². The van der Waals surface area contributed by atoms with E-state index in [2.05, 4.69) is 4.98 Å². The van der Waals surface area contributed by atoms with Gasteiger partial charge in [-0.2, -0.15) is 0 Å². The largest absolute Gasteiger partial charge is 0.495 e. The first-order chi connectivity index (χ1) is 11.3. The lowest BCUT2D eigenvalue weighted by atomic mass is 10.2. The van der Waals surface area contributed by atoms with Crippen LogP contribution < -0.4 is 16.0 Å². The second-order valence-corrected chi connectivity index (χ2v) is 5.72. The highest BCUT2D eigenvalue weighted by Gasteiger charge is 2.21. The minimum atomic E-state index is -1.38. The molecule has 2 N–H and O–H groups in total. The maximum atomic E-state index is 12.8. The molecule has 0 saturated heterocycles. The van der Waals surface area contributed by atoms with E-state index in [1.807, 2.05) is 0 Å². The van der Waals surface area contributed by atoms with Crippen molar-refractivity contribution in [2.24, 2.45) is 0 Å². The van der Waals surface area contributed by atoms with Crippen molar-refractivity contribution in [2.45, 2.75) is 6.54 Å². The van der Waals surface area contributed by atoms with Gasteiger partial charge in [0.2, 0.25) is 0 Å². The second kappa shape index (κ2) is 6.90. The molecule has 0 fully saturated rings. The fourth-order valence-electron chi connectivity index (χ4n) is 2.27. The Morgan fingerprint density at radius 3 is 2.58 bits per heavy atom. The van der Waals surface area contributed by atoms with Crippen LogP contribution in [0.25, 0.3) is 5.69 Å². The Labute approximate surface area is 141 Å². The van der Waals surface area contributed by atoms with Gasteiger partial charge in [0.1, 0.15) is 11.4 Å². The van der Waals surface area contributed by atoms with E-state index in [4.69, 9.17) is 16.3 Å². The predicted molar refractivity (Wildman–Crippen MR) is 88.6 cm³/mol. The molecule has 0 saturated carbocycles. The van der Waals surface area contributed by atoms with Crippen LogP contribution in [0.3, 0.4) is 0 Å². The summed E-state index contributed by atoms with van der Waals surface area (Å²) >= 11 is 5.95. The molecule has 0 aliphatic heterocycles. The van der Waals surface area contributed by atoms with Gasteiger partial charge in [-0.05, 0) is 32.3 Å². The van der Waals surface area contributed by atoms with Crippen LogP contribution in [-0.2, 0) is 6.54 Å². The number of benzene rings is 1. The zero-order valence-electron chi connectivity index (χ0n) is 13.3. The zero-order chi connectivity index (χ0) is 18.0. The molecule has 8 nitrogen and oxygen atoms in total. The molecule has 0 aliphatic carbocycles. The number of rotatable bonds is 5. The van der Waals surface area contributed by atoms with Crippen molar-refractivity contribution in [3.05, 3.63) is 55.3 Å². The van der Waals surface area contributed by atoms with Crippen molar-refractivity contribution < 1.29 is 14.6 Å². The first kappa shape index (κ1) is 17.8. The van der Waals surface area contributed by atoms with E-state index in [1.54, 1.807) is 25.1 Å². The minimum absolute atomic E-state index is 0.0418. The lowest BCUT2D eigenvalue weighted by molar-refractivity contribution is 0.0687. The fraction of sp³-hybridized carbons (Fsp3) is 0.267. The number of aromatic nitrogens is 2. The van der Waals surface area contributed by atoms with Crippen LogP contribution in [0.1, 0.15) is 16.1 Å². The van der Waals surface area contributed by atoms with Gasteiger partial charge in [-0.1, -0.05) is 11.6 Å². The van der Waals surface area contributed by atoms with Crippen molar-refractivity contribution in [3.8, 4) is 11.4 Å². The van der Waals surface area contributed by atoms with E-state index in [0.29, 0.717) is 5.02 Å². The van der Waals surface area contributed by atoms with Gasteiger partial charge < -0.3 is 19.7 Å². The summed E-state index contributed by atoms with van der Waals surface area (Å²) in [6.07, 6.45) is 0. The summed E-state index contributed by atoms with van der Waals surface area (Å²) in [5.41, 5.74) is -1.98. The summed E-state index contributed by atoms with van der Waals surface area (Å²) < 4.78 is 5.98. The summed E-state index contributed by atoms with van der Waals surface area (Å²) in [4.78, 5) is 40.3. The van der Waals surface area contributed by atoms with Crippen molar-refractivity contribution >= 4 is 17.6 Å². The van der Waals surface area contributed by atoms with Gasteiger partial charge in [0.15, 0.2) is 0 Å². The number of aromatic carboxylic acids is 1. The van der Waals surface area contributed by atoms with E-state index in [9.17, 15) is 19.5 Å². The number of carboxylic acid groups (broad SMARTS) is 1. The smallest absolute Gasteiger partial charge is 0.352 e. The number of nitrogens with zero attached hydrogens (tertiary/aromatic N) is 2. The monoisotopic (exact) mass is 353 g/mol. The highest BCUT2D eigenvalue weighted by atomic mass is 35.5. The van der Waals surface area contributed by atoms with Crippen LogP contribution in [0.15, 0.2) is 27.8 Å². The molecule has 9 heteroatoms. The third-order valence-electron chi connectivity index (χ3n) is 3.27. The van der Waals surface area contributed by atoms with Crippen LogP contribution in [0.5, 0.6) is 5.75 Å². The van der Waals surface area contributed by atoms with Gasteiger partial charge in [-0.3, -0.25) is 4.79 Å². The molecule has 0 aliphatic rings. The average molecular weight is 354 g/mol. The van der Waals surface area contributed by atoms with E-state index < -0.39 is 22.9 Å². The highest BCUT2D eigenvalue weighted by Crippen LogP contribution is 2.24.